The molecule has 0 saturated heterocycles. The van der Waals surface area contributed by atoms with E-state index in [1.807, 2.05) is 6.07 Å². The Balaban J connectivity index is 1.93. The average Bonchev–Trinajstić information content (AvgIpc) is 3.80. The molecule has 0 fully saturated rings. The molecular weight excluding hydrogens is 1040 g/mol. The Kier molecular flexibility index (Phi) is 26.9. The number of fused-ring (bicyclic) bond motifs is 1. The van der Waals surface area contributed by atoms with Crippen LogP contribution in [0.2, 0.25) is 0 Å². The Morgan fingerprint density at radius 2 is 1.01 bits per heavy atom. The summed E-state index contributed by atoms with van der Waals surface area (Å²) >= 11 is 8.30. The molecule has 0 radical (unpaired) electrons. The third kappa shape index (κ3) is 21.8. The molecule has 0 aliphatic heterocycles. The number of hydrogen-bond acceptors (Lipinski definition) is 14. The number of H-pyrrole nitrogens is 1. The molecule has 0 aliphatic rings. The van der Waals surface area contributed by atoms with E-state index in [1.54, 1.807) is 54.7 Å². The number of nitrogens with zero attached hydrogens (tertiary/aromatic N) is 1. The standard InChI is InChI=1S/C48H74N18O9S2/c1-26(66(2)44(73)36(24-76)64-39(68)30(49)14-8-18-56-46(50)51)38(67)60-32(16-9-19-57-47(52)53)40(69)62-34(21-27-11-4-3-5-12-27)42(71)61-33(17-10-20-58-48(54)55)41(70)63-35(43(72)65-37(25-77)45(74)75)22-28-23-59-31-15-7-6-13-29(28)31/h3-7,11-13,15,23,26,30,32-37,59,76-77H,8-10,14,16-22,24-25,49H2,1-2H3,(H,60,67)(H,61,71)(H,62,69)(H,63,70)(H,64,68)(H,65,72)(H,74,75)(H4,50,51,56)(H4,52,53,57)(H4,54,55,58)/t26-,30-,32-,33-,34+,35+,36-,37-/m0/s1. The molecule has 0 spiro atoms. The monoisotopic (exact) mass is 1110 g/mol. The first kappa shape index (κ1) is 63.5. The molecule has 8 atom stereocenters. The topological polar surface area (TPSA) is 460 Å². The van der Waals surface area contributed by atoms with Crippen molar-refractivity contribution in [3.8, 4) is 0 Å². The summed E-state index contributed by atoms with van der Waals surface area (Å²) in [7, 11) is 1.32. The summed E-state index contributed by atoms with van der Waals surface area (Å²) in [5.74, 6) is -8.25. The van der Waals surface area contributed by atoms with Gasteiger partial charge in [-0.05, 0) is 62.6 Å². The van der Waals surface area contributed by atoms with E-state index < -0.39 is 95.7 Å². The molecule has 1 heterocycles. The van der Waals surface area contributed by atoms with Gasteiger partial charge in [-0.15, -0.1) is 0 Å². The third-order valence-corrected chi connectivity index (χ3v) is 12.9. The zero-order valence-corrected chi connectivity index (χ0v) is 44.7. The van der Waals surface area contributed by atoms with E-state index in [0.29, 0.717) is 24.1 Å². The van der Waals surface area contributed by atoms with Gasteiger partial charge in [0.05, 0.1) is 6.04 Å². The number of hydrogen-bond donors (Lipinski definition) is 20. The summed E-state index contributed by atoms with van der Waals surface area (Å²) in [4.78, 5) is 114. The van der Waals surface area contributed by atoms with Crippen molar-refractivity contribution in [1.29, 1.82) is 16.2 Å². The van der Waals surface area contributed by atoms with Crippen LogP contribution in [0, 0.1) is 16.2 Å². The van der Waals surface area contributed by atoms with E-state index in [1.165, 1.54) is 14.0 Å². The van der Waals surface area contributed by atoms with Crippen LogP contribution in [0.15, 0.2) is 60.8 Å². The lowest BCUT2D eigenvalue weighted by atomic mass is 10.0. The number of likely N-dealkylation sites (N-methyl/N-ethyl adjacent to an activating group) is 1. The molecular formula is C48H74N18O9S2. The lowest BCUT2D eigenvalue weighted by Gasteiger charge is -2.30. The fraction of sp³-hybridized carbons (Fsp3) is 0.479. The number of benzene rings is 2. The number of carbonyl (C=O) groups is 8. The average molecular weight is 1110 g/mol. The molecule has 29 heteroatoms. The number of nitrogens with one attached hydrogen (secondary N) is 13. The molecule has 22 N–H and O–H groups in total. The molecule has 3 aromatic rings. The third-order valence-electron chi connectivity index (χ3n) is 12.1. The summed E-state index contributed by atoms with van der Waals surface area (Å²) < 4.78 is 0. The summed E-state index contributed by atoms with van der Waals surface area (Å²) in [6.45, 7) is 1.90. The van der Waals surface area contributed by atoms with Crippen molar-refractivity contribution in [3.05, 3.63) is 71.9 Å². The minimum atomic E-state index is -1.42. The number of aromatic amines is 1. The van der Waals surface area contributed by atoms with Gasteiger partial charge in [0.1, 0.15) is 42.3 Å². The number of aromatic nitrogens is 1. The van der Waals surface area contributed by atoms with Crippen LogP contribution in [-0.2, 0) is 51.2 Å². The summed E-state index contributed by atoms with van der Waals surface area (Å²) in [5, 5.41) is 56.5. The van der Waals surface area contributed by atoms with Gasteiger partial charge in [0.2, 0.25) is 41.4 Å². The van der Waals surface area contributed by atoms with Gasteiger partial charge in [-0.3, -0.25) is 49.8 Å². The van der Waals surface area contributed by atoms with E-state index in [4.69, 9.17) is 39.2 Å². The Bertz CT molecular complexity index is 2520. The first-order valence-corrected chi connectivity index (χ1v) is 25.9. The van der Waals surface area contributed by atoms with E-state index in [2.05, 4.69) is 78.1 Å². The number of carboxylic acids is 1. The number of carboxylic acid groups (broad SMARTS) is 1. The molecule has 0 saturated carbocycles. The van der Waals surface area contributed by atoms with Crippen LogP contribution in [-0.4, -0.2) is 167 Å². The Labute approximate surface area is 456 Å². The fourth-order valence-corrected chi connectivity index (χ4v) is 8.20. The highest BCUT2D eigenvalue weighted by molar-refractivity contribution is 7.80. The van der Waals surface area contributed by atoms with Crippen LogP contribution < -0.4 is 70.8 Å². The number of rotatable bonds is 33. The van der Waals surface area contributed by atoms with Crippen molar-refractivity contribution in [2.24, 2.45) is 22.9 Å². The summed E-state index contributed by atoms with van der Waals surface area (Å²) in [6.07, 6.45) is 2.18. The lowest BCUT2D eigenvalue weighted by molar-refractivity contribution is -0.142. The van der Waals surface area contributed by atoms with E-state index in [0.717, 1.165) is 15.8 Å². The van der Waals surface area contributed by atoms with Crippen LogP contribution >= 0.6 is 25.3 Å². The quantitative estimate of drug-likeness (QED) is 0.0123. The van der Waals surface area contributed by atoms with Crippen molar-refractivity contribution < 1.29 is 43.5 Å². The number of thiol groups is 2. The largest absolute Gasteiger partial charge is 0.480 e. The van der Waals surface area contributed by atoms with Crippen LogP contribution in [0.1, 0.15) is 56.6 Å². The van der Waals surface area contributed by atoms with Gasteiger partial charge in [-0.1, -0.05) is 48.5 Å². The number of carbonyl (C=O) groups excluding carboxylic acids is 7. The number of amides is 7. The van der Waals surface area contributed by atoms with Crippen molar-refractivity contribution in [3.63, 3.8) is 0 Å². The maximum absolute atomic E-state index is 14.6. The highest BCUT2D eigenvalue weighted by Gasteiger charge is 2.35. The van der Waals surface area contributed by atoms with E-state index in [9.17, 15) is 43.5 Å². The molecule has 0 bridgehead atoms. The molecule has 7 amide bonds. The molecule has 2 aromatic carbocycles. The van der Waals surface area contributed by atoms with Crippen LogP contribution in [0.4, 0.5) is 0 Å². The Hall–Kier alpha value is -7.79. The van der Waals surface area contributed by atoms with Crippen LogP contribution in [0.3, 0.4) is 0 Å². The predicted molar refractivity (Wildman–Crippen MR) is 297 cm³/mol. The van der Waals surface area contributed by atoms with E-state index >= 15 is 0 Å². The minimum absolute atomic E-state index is 0.0684. The smallest absolute Gasteiger partial charge is 0.327 e. The number of aliphatic carboxylic acids is 1. The van der Waals surface area contributed by atoms with Gasteiger partial charge in [0.15, 0.2) is 17.9 Å². The SMILES string of the molecule is C[C@@H](C(=O)N[C@@H](CCCNC(=N)N)C(=O)N[C@H](Cc1ccccc1)C(=O)N[C@@H](CCCNC(=N)N)C(=O)N[C@H](Cc1c[nH]c2ccccc12)C(=O)N[C@@H](CS)C(=O)O)N(C)C(=O)[C@H](CS)NC(=O)[C@@H](N)CCCNC(=N)N. The first-order chi connectivity index (χ1) is 36.6. The maximum Gasteiger partial charge on any atom is 0.327 e. The predicted octanol–water partition coefficient (Wildman–Crippen LogP) is -3.23. The van der Waals surface area contributed by atoms with Crippen LogP contribution in [0.25, 0.3) is 10.9 Å². The molecule has 3 rings (SSSR count). The molecule has 27 nitrogen and oxygen atoms in total. The van der Waals surface area contributed by atoms with Gasteiger partial charge in [-0.2, -0.15) is 25.3 Å². The van der Waals surface area contributed by atoms with Gasteiger partial charge >= 0.3 is 5.97 Å². The highest BCUT2D eigenvalue weighted by atomic mass is 32.1. The minimum Gasteiger partial charge on any atom is -0.480 e. The number of nitrogens with two attached hydrogens (primary N) is 4. The van der Waals surface area contributed by atoms with Gasteiger partial charge in [-0.25, -0.2) is 4.79 Å². The van der Waals surface area contributed by atoms with Gasteiger partial charge in [0, 0.05) is 68.1 Å². The van der Waals surface area contributed by atoms with Crippen molar-refractivity contribution in [1.82, 2.24) is 57.7 Å². The zero-order valence-electron chi connectivity index (χ0n) is 42.9. The van der Waals surface area contributed by atoms with Crippen molar-refractivity contribution in [2.45, 2.75) is 107 Å². The summed E-state index contributed by atoms with van der Waals surface area (Å²) in [5.41, 5.74) is 24.2. The van der Waals surface area contributed by atoms with Crippen molar-refractivity contribution >= 4 is 101 Å². The van der Waals surface area contributed by atoms with Crippen molar-refractivity contribution in [2.75, 3.05) is 38.2 Å². The fourth-order valence-electron chi connectivity index (χ4n) is 7.70. The molecule has 422 valence electrons. The Morgan fingerprint density at radius 3 is 1.52 bits per heavy atom. The maximum atomic E-state index is 14.6. The molecule has 0 unspecified atom stereocenters. The van der Waals surface area contributed by atoms with Gasteiger partial charge in [0.25, 0.3) is 0 Å². The van der Waals surface area contributed by atoms with E-state index in [-0.39, 0.29) is 87.4 Å². The number of para-hydroxylation sites is 1. The Morgan fingerprint density at radius 1 is 0.584 bits per heavy atom. The second-order valence-electron chi connectivity index (χ2n) is 18.0. The molecule has 0 aliphatic carbocycles. The highest BCUT2D eigenvalue weighted by Crippen LogP contribution is 2.20. The normalized spacial score (nSPS) is 14.0. The lowest BCUT2D eigenvalue weighted by Crippen LogP contribution is -2.60. The van der Waals surface area contributed by atoms with Crippen LogP contribution in [0.5, 0.6) is 0 Å². The number of guanidine groups is 3. The molecule has 77 heavy (non-hydrogen) atoms. The zero-order chi connectivity index (χ0) is 57.2. The summed E-state index contributed by atoms with van der Waals surface area (Å²) in [6, 6.07) is 5.36. The second-order valence-corrected chi connectivity index (χ2v) is 18.7. The van der Waals surface area contributed by atoms with Gasteiger partial charge < -0.3 is 85.8 Å². The second kappa shape index (κ2) is 32.6. The molecule has 1 aromatic heterocycles. The first-order valence-electron chi connectivity index (χ1n) is 24.7.